The Labute approximate surface area is 143 Å². The number of nitrogens with one attached hydrogen (secondary N) is 1. The van der Waals surface area contributed by atoms with E-state index in [2.05, 4.69) is 30.0 Å². The number of rotatable bonds is 3. The van der Waals surface area contributed by atoms with Crippen molar-refractivity contribution in [2.24, 2.45) is 0 Å². The molecule has 1 aliphatic heterocycles. The van der Waals surface area contributed by atoms with Crippen molar-refractivity contribution in [1.29, 1.82) is 0 Å². The summed E-state index contributed by atoms with van der Waals surface area (Å²) in [5, 5.41) is 7.22. The number of aromatic nitrogens is 5. The van der Waals surface area contributed by atoms with Crippen molar-refractivity contribution in [2.75, 3.05) is 38.2 Å². The van der Waals surface area contributed by atoms with Crippen LogP contribution in [0.2, 0.25) is 0 Å². The molecule has 2 aromatic heterocycles. The van der Waals surface area contributed by atoms with Crippen molar-refractivity contribution < 1.29 is 9.53 Å². The number of hydrogen-bond donors (Lipinski definition) is 1. The number of hydrogen-bond acceptors (Lipinski definition) is 7. The molecule has 3 aromatic rings. The quantitative estimate of drug-likeness (QED) is 0.750. The van der Waals surface area contributed by atoms with Crippen LogP contribution >= 0.6 is 0 Å². The molecular weight excluding hydrogens is 322 g/mol. The van der Waals surface area contributed by atoms with Crippen LogP contribution in [0, 0.1) is 0 Å². The van der Waals surface area contributed by atoms with Crippen molar-refractivity contribution in [1.82, 2.24) is 30.0 Å². The van der Waals surface area contributed by atoms with Crippen LogP contribution in [0.4, 0.5) is 5.69 Å². The van der Waals surface area contributed by atoms with E-state index in [0.29, 0.717) is 19.0 Å². The Morgan fingerprint density at radius 2 is 1.96 bits per heavy atom. The van der Waals surface area contributed by atoms with Gasteiger partial charge in [-0.3, -0.25) is 9.89 Å². The van der Waals surface area contributed by atoms with Gasteiger partial charge < -0.3 is 14.5 Å². The second-order valence-electron chi connectivity index (χ2n) is 5.70. The maximum absolute atomic E-state index is 12.3. The van der Waals surface area contributed by atoms with E-state index in [1.165, 1.54) is 12.7 Å². The fourth-order valence-electron chi connectivity index (χ4n) is 3.01. The van der Waals surface area contributed by atoms with Gasteiger partial charge in [-0.15, -0.1) is 0 Å². The molecule has 1 aromatic carbocycles. The van der Waals surface area contributed by atoms with Gasteiger partial charge in [-0.1, -0.05) is 0 Å². The minimum atomic E-state index is -0.120. The number of H-pyrrole nitrogens is 1. The SMILES string of the molecule is COc1ncnc2ccc(N3CCN(C(=O)c4ncn[nH]4)CC3)cc12. The van der Waals surface area contributed by atoms with E-state index >= 15 is 0 Å². The molecule has 0 bridgehead atoms. The van der Waals surface area contributed by atoms with Gasteiger partial charge in [-0.25, -0.2) is 15.0 Å². The first-order chi connectivity index (χ1) is 12.3. The normalized spacial score (nSPS) is 14.8. The predicted octanol–water partition coefficient (Wildman–Crippen LogP) is 0.719. The van der Waals surface area contributed by atoms with Crippen molar-refractivity contribution in [3.63, 3.8) is 0 Å². The topological polar surface area (TPSA) is 100 Å². The number of piperazine rings is 1. The van der Waals surface area contributed by atoms with E-state index in [9.17, 15) is 4.79 Å². The zero-order valence-electron chi connectivity index (χ0n) is 13.7. The molecule has 1 fully saturated rings. The van der Waals surface area contributed by atoms with Crippen LogP contribution in [0.15, 0.2) is 30.9 Å². The van der Waals surface area contributed by atoms with E-state index in [0.717, 1.165) is 29.7 Å². The predicted molar refractivity (Wildman–Crippen MR) is 90.6 cm³/mol. The fourth-order valence-corrected chi connectivity index (χ4v) is 3.01. The number of amides is 1. The second-order valence-corrected chi connectivity index (χ2v) is 5.70. The first-order valence-corrected chi connectivity index (χ1v) is 7.94. The van der Waals surface area contributed by atoms with Gasteiger partial charge in [0, 0.05) is 31.9 Å². The number of benzene rings is 1. The van der Waals surface area contributed by atoms with Crippen LogP contribution in [0.5, 0.6) is 5.88 Å². The monoisotopic (exact) mass is 339 g/mol. The number of carbonyl (C=O) groups excluding carboxylic acids is 1. The van der Waals surface area contributed by atoms with Gasteiger partial charge in [-0.05, 0) is 18.2 Å². The fraction of sp³-hybridized carbons (Fsp3) is 0.312. The Morgan fingerprint density at radius 3 is 2.68 bits per heavy atom. The molecule has 0 spiro atoms. The van der Waals surface area contributed by atoms with Gasteiger partial charge in [-0.2, -0.15) is 5.10 Å². The average molecular weight is 339 g/mol. The molecule has 0 unspecified atom stereocenters. The summed E-state index contributed by atoms with van der Waals surface area (Å²) in [5.41, 5.74) is 1.90. The second kappa shape index (κ2) is 6.34. The summed E-state index contributed by atoms with van der Waals surface area (Å²) in [5.74, 6) is 0.720. The van der Waals surface area contributed by atoms with Crippen LogP contribution in [-0.4, -0.2) is 69.2 Å². The van der Waals surface area contributed by atoms with Crippen LogP contribution in [0.3, 0.4) is 0 Å². The van der Waals surface area contributed by atoms with Crippen molar-refractivity contribution >= 4 is 22.5 Å². The average Bonchev–Trinajstić information content (AvgIpc) is 3.21. The lowest BCUT2D eigenvalue weighted by molar-refractivity contribution is 0.0735. The molecule has 0 atom stereocenters. The molecule has 0 aliphatic carbocycles. The molecule has 4 rings (SSSR count). The zero-order chi connectivity index (χ0) is 17.2. The highest BCUT2D eigenvalue weighted by molar-refractivity contribution is 5.90. The third kappa shape index (κ3) is 2.84. The Kier molecular flexibility index (Phi) is 3.88. The smallest absolute Gasteiger partial charge is 0.291 e. The Hall–Kier alpha value is -3.23. The summed E-state index contributed by atoms with van der Waals surface area (Å²) in [4.78, 5) is 28.7. The molecule has 1 aliphatic rings. The summed E-state index contributed by atoms with van der Waals surface area (Å²) in [6.07, 6.45) is 2.84. The largest absolute Gasteiger partial charge is 0.480 e. The minimum Gasteiger partial charge on any atom is -0.480 e. The van der Waals surface area contributed by atoms with E-state index in [4.69, 9.17) is 4.74 Å². The number of ether oxygens (including phenoxy) is 1. The number of carbonyl (C=O) groups is 1. The Balaban J connectivity index is 1.51. The molecule has 3 heterocycles. The molecule has 1 saturated heterocycles. The van der Waals surface area contributed by atoms with Crippen LogP contribution in [0.25, 0.3) is 10.9 Å². The summed E-state index contributed by atoms with van der Waals surface area (Å²) in [6.45, 7) is 2.72. The summed E-state index contributed by atoms with van der Waals surface area (Å²) >= 11 is 0. The molecular formula is C16H17N7O2. The summed E-state index contributed by atoms with van der Waals surface area (Å²) < 4.78 is 5.32. The van der Waals surface area contributed by atoms with Gasteiger partial charge in [0.2, 0.25) is 11.7 Å². The number of aromatic amines is 1. The van der Waals surface area contributed by atoms with Crippen LogP contribution in [0.1, 0.15) is 10.6 Å². The van der Waals surface area contributed by atoms with E-state index in [-0.39, 0.29) is 11.7 Å². The minimum absolute atomic E-state index is 0.120. The molecule has 0 saturated carbocycles. The van der Waals surface area contributed by atoms with Crippen molar-refractivity contribution in [3.8, 4) is 5.88 Å². The zero-order valence-corrected chi connectivity index (χ0v) is 13.7. The third-order valence-electron chi connectivity index (χ3n) is 4.33. The highest BCUT2D eigenvalue weighted by Gasteiger charge is 2.24. The Bertz CT molecular complexity index is 889. The summed E-state index contributed by atoms with van der Waals surface area (Å²) in [6, 6.07) is 6.02. The first-order valence-electron chi connectivity index (χ1n) is 7.94. The number of fused-ring (bicyclic) bond motifs is 1. The van der Waals surface area contributed by atoms with Gasteiger partial charge in [0.25, 0.3) is 5.91 Å². The maximum atomic E-state index is 12.3. The summed E-state index contributed by atoms with van der Waals surface area (Å²) in [7, 11) is 1.60. The lowest BCUT2D eigenvalue weighted by atomic mass is 10.2. The molecule has 25 heavy (non-hydrogen) atoms. The van der Waals surface area contributed by atoms with E-state index < -0.39 is 0 Å². The lowest BCUT2D eigenvalue weighted by Crippen LogP contribution is -2.49. The standard InChI is InChI=1S/C16H17N7O2/c1-25-15-12-8-11(2-3-13(12)17-9-19-15)22-4-6-23(7-5-22)16(24)14-18-10-20-21-14/h2-3,8-10H,4-7H2,1H3,(H,18,20,21). The molecule has 0 radical (unpaired) electrons. The van der Waals surface area contributed by atoms with Crippen LogP contribution in [-0.2, 0) is 0 Å². The van der Waals surface area contributed by atoms with Gasteiger partial charge in [0.15, 0.2) is 0 Å². The third-order valence-corrected chi connectivity index (χ3v) is 4.33. The van der Waals surface area contributed by atoms with Crippen LogP contribution < -0.4 is 9.64 Å². The maximum Gasteiger partial charge on any atom is 0.291 e. The molecule has 128 valence electrons. The first kappa shape index (κ1) is 15.3. The molecule has 1 amide bonds. The van der Waals surface area contributed by atoms with E-state index in [1.54, 1.807) is 12.0 Å². The molecule has 9 nitrogen and oxygen atoms in total. The number of methoxy groups -OCH3 is 1. The molecule has 1 N–H and O–H groups in total. The van der Waals surface area contributed by atoms with Gasteiger partial charge in [0.05, 0.1) is 18.0 Å². The highest BCUT2D eigenvalue weighted by Crippen LogP contribution is 2.27. The number of nitrogens with zero attached hydrogens (tertiary/aromatic N) is 6. The van der Waals surface area contributed by atoms with Crippen molar-refractivity contribution in [3.05, 3.63) is 36.7 Å². The van der Waals surface area contributed by atoms with Gasteiger partial charge >= 0.3 is 0 Å². The van der Waals surface area contributed by atoms with Crippen molar-refractivity contribution in [2.45, 2.75) is 0 Å². The Morgan fingerprint density at radius 1 is 1.12 bits per heavy atom. The highest BCUT2D eigenvalue weighted by atomic mass is 16.5. The lowest BCUT2D eigenvalue weighted by Gasteiger charge is -2.35. The molecule has 9 heteroatoms. The van der Waals surface area contributed by atoms with Gasteiger partial charge in [0.1, 0.15) is 12.7 Å². The van der Waals surface area contributed by atoms with E-state index in [1.807, 2.05) is 18.2 Å². The number of anilines is 1.